The van der Waals surface area contributed by atoms with E-state index in [1.165, 1.54) is 89.4 Å². The van der Waals surface area contributed by atoms with Crippen LogP contribution in [0.3, 0.4) is 0 Å². The smallest absolute Gasteiger partial charge is 0.213 e. The first-order valence-electron chi connectivity index (χ1n) is 20.8. The van der Waals surface area contributed by atoms with Crippen LogP contribution in [0.4, 0.5) is 5.69 Å². The van der Waals surface area contributed by atoms with Crippen molar-refractivity contribution in [2.45, 2.75) is 102 Å². The molecule has 3 heterocycles. The highest BCUT2D eigenvalue weighted by Crippen LogP contribution is 2.57. The fraction of sp³-hybridized carbons (Fsp3) is 0.302. The van der Waals surface area contributed by atoms with Crippen LogP contribution in [0.15, 0.2) is 133 Å². The minimum atomic E-state index is -0.00834. The van der Waals surface area contributed by atoms with Gasteiger partial charge in [-0.1, -0.05) is 120 Å². The lowest BCUT2D eigenvalue weighted by molar-refractivity contribution is -0.758. The van der Waals surface area contributed by atoms with E-state index in [0.717, 1.165) is 32.1 Å². The highest BCUT2D eigenvalue weighted by atomic mass is 15.1. The van der Waals surface area contributed by atoms with Crippen LogP contribution in [0, 0.1) is 0 Å². The highest BCUT2D eigenvalue weighted by molar-refractivity contribution is 5.87. The average molecular weight is 716 g/mol. The molecule has 1 N–H and O–H groups in total. The molecule has 0 amide bonds. The first kappa shape index (κ1) is 33.2. The third-order valence-corrected chi connectivity index (χ3v) is 15.1. The minimum absolute atomic E-state index is 0.00834. The molecular weight excluding hydrogens is 665 g/mol. The molecule has 0 saturated heterocycles. The van der Waals surface area contributed by atoms with Crippen molar-refractivity contribution in [1.82, 2.24) is 0 Å². The molecule has 0 bridgehead atoms. The van der Waals surface area contributed by atoms with Gasteiger partial charge < -0.3 is 5.32 Å². The largest absolute Gasteiger partial charge is 0.358 e. The molecule has 272 valence electrons. The van der Waals surface area contributed by atoms with Crippen LogP contribution in [0.2, 0.25) is 0 Å². The van der Waals surface area contributed by atoms with E-state index >= 15 is 0 Å². The summed E-state index contributed by atoms with van der Waals surface area (Å²) in [6.45, 7) is 14.3. The molecule has 0 saturated carbocycles. The van der Waals surface area contributed by atoms with E-state index in [4.69, 9.17) is 0 Å². The summed E-state index contributed by atoms with van der Waals surface area (Å²) in [7, 11) is 0. The lowest BCUT2D eigenvalue weighted by atomic mass is 9.75. The van der Waals surface area contributed by atoms with Gasteiger partial charge in [-0.25, -0.2) is 0 Å². The van der Waals surface area contributed by atoms with Gasteiger partial charge in [0, 0.05) is 65.4 Å². The zero-order chi connectivity index (χ0) is 37.4. The third-order valence-electron chi connectivity index (χ3n) is 15.1. The molecule has 2 aliphatic heterocycles. The average Bonchev–Trinajstić information content (AvgIpc) is 3.77. The lowest BCUT2D eigenvalue weighted by Gasteiger charge is -2.33. The van der Waals surface area contributed by atoms with Gasteiger partial charge in [0.2, 0.25) is 5.69 Å². The summed E-state index contributed by atoms with van der Waals surface area (Å²) in [5, 5.41) is 3.84. The predicted octanol–water partition coefficient (Wildman–Crippen LogP) is 12.7. The lowest BCUT2D eigenvalue weighted by Crippen LogP contribution is -2.60. The van der Waals surface area contributed by atoms with Crippen molar-refractivity contribution >= 4 is 16.8 Å². The van der Waals surface area contributed by atoms with Gasteiger partial charge >= 0.3 is 0 Å². The third kappa shape index (κ3) is 4.52. The molecule has 2 atom stereocenters. The number of benzene rings is 4. The van der Waals surface area contributed by atoms with E-state index in [1.807, 2.05) is 0 Å². The summed E-state index contributed by atoms with van der Waals surface area (Å²) in [5.74, 6) is 0.772. The van der Waals surface area contributed by atoms with E-state index in [2.05, 4.69) is 173 Å². The highest BCUT2D eigenvalue weighted by Gasteiger charge is 2.45. The van der Waals surface area contributed by atoms with E-state index in [1.54, 1.807) is 5.57 Å². The van der Waals surface area contributed by atoms with E-state index in [9.17, 15) is 0 Å². The van der Waals surface area contributed by atoms with Crippen molar-refractivity contribution in [3.05, 3.63) is 177 Å². The standard InChI is InChI=1S/C53H51N2/c1-7-53(8-2)31-36-17-16-32(25-39(36)50-15-11-12-24-55(50)53)33-19-22-45-40(26-33)38-21-18-35(28-46(38)52(45,5)6)34-20-23-48-42(27-34)43-29-41-37-13-9-10-14-44(37)51(3,4)47(41)30-49(43)54-48/h9-25,28-30,40,42,54H,7-8,26-27,31H2,1-6H3/q+1. The summed E-state index contributed by atoms with van der Waals surface area (Å²) in [6.07, 6.45) is 17.4. The molecule has 55 heavy (non-hydrogen) atoms. The summed E-state index contributed by atoms with van der Waals surface area (Å²) in [4.78, 5) is 0. The maximum atomic E-state index is 3.84. The Labute approximate surface area is 327 Å². The Balaban J connectivity index is 0.890. The number of nitrogens with one attached hydrogen (secondary N) is 1. The second-order valence-electron chi connectivity index (χ2n) is 18.3. The van der Waals surface area contributed by atoms with Crippen LogP contribution in [0.1, 0.15) is 124 Å². The molecule has 1 aromatic heterocycles. The fourth-order valence-electron chi connectivity index (χ4n) is 11.8. The second-order valence-corrected chi connectivity index (χ2v) is 18.3. The molecule has 2 heteroatoms. The Bertz CT molecular complexity index is 2630. The van der Waals surface area contributed by atoms with Gasteiger partial charge in [-0.3, -0.25) is 0 Å². The fourth-order valence-corrected chi connectivity index (χ4v) is 11.8. The molecule has 4 aliphatic carbocycles. The van der Waals surface area contributed by atoms with Crippen LogP contribution in [0.25, 0.3) is 33.5 Å². The van der Waals surface area contributed by atoms with Gasteiger partial charge in [0.1, 0.15) is 0 Å². The Morgan fingerprint density at radius 3 is 2.20 bits per heavy atom. The van der Waals surface area contributed by atoms with E-state index in [-0.39, 0.29) is 16.4 Å². The van der Waals surface area contributed by atoms with E-state index < -0.39 is 0 Å². The first-order valence-corrected chi connectivity index (χ1v) is 20.8. The molecule has 5 aromatic rings. The van der Waals surface area contributed by atoms with Crippen molar-refractivity contribution in [1.29, 1.82) is 0 Å². The normalized spacial score (nSPS) is 22.2. The molecule has 11 rings (SSSR count). The quantitative estimate of drug-likeness (QED) is 0.183. The predicted molar refractivity (Wildman–Crippen MR) is 228 cm³/mol. The van der Waals surface area contributed by atoms with Crippen molar-refractivity contribution in [3.8, 4) is 22.4 Å². The summed E-state index contributed by atoms with van der Waals surface area (Å²) in [6, 6.07) is 35.5. The number of aromatic nitrogens is 1. The van der Waals surface area contributed by atoms with Crippen molar-refractivity contribution in [2.75, 3.05) is 5.32 Å². The minimum Gasteiger partial charge on any atom is -0.358 e. The number of hydrogen-bond donors (Lipinski definition) is 1. The van der Waals surface area contributed by atoms with Crippen LogP contribution < -0.4 is 9.88 Å². The Morgan fingerprint density at radius 1 is 0.618 bits per heavy atom. The topological polar surface area (TPSA) is 15.9 Å². The number of hydrogen-bond acceptors (Lipinski definition) is 1. The molecule has 6 aliphatic rings. The Hall–Kier alpha value is -5.21. The van der Waals surface area contributed by atoms with Crippen LogP contribution in [0.5, 0.6) is 0 Å². The molecule has 2 unspecified atom stereocenters. The zero-order valence-electron chi connectivity index (χ0n) is 33.2. The molecule has 2 nitrogen and oxygen atoms in total. The number of fused-ring (bicyclic) bond motifs is 12. The maximum Gasteiger partial charge on any atom is 0.213 e. The van der Waals surface area contributed by atoms with Crippen LogP contribution in [-0.2, 0) is 22.8 Å². The van der Waals surface area contributed by atoms with Crippen molar-refractivity contribution < 1.29 is 4.57 Å². The number of rotatable bonds is 4. The van der Waals surface area contributed by atoms with Crippen molar-refractivity contribution in [2.24, 2.45) is 0 Å². The van der Waals surface area contributed by atoms with Gasteiger partial charge in [0.25, 0.3) is 0 Å². The van der Waals surface area contributed by atoms with Gasteiger partial charge in [-0.15, -0.1) is 0 Å². The molecular formula is C53H51N2+. The van der Waals surface area contributed by atoms with Gasteiger partial charge in [0.15, 0.2) is 11.7 Å². The number of nitrogens with zero attached hydrogens (tertiary/aromatic N) is 1. The van der Waals surface area contributed by atoms with E-state index in [0.29, 0.717) is 11.8 Å². The first-order chi connectivity index (χ1) is 26.6. The monoisotopic (exact) mass is 715 g/mol. The van der Waals surface area contributed by atoms with Crippen LogP contribution in [-0.4, -0.2) is 0 Å². The van der Waals surface area contributed by atoms with Gasteiger partial charge in [-0.05, 0) is 110 Å². The molecule has 0 radical (unpaired) electrons. The second kappa shape index (κ2) is 11.4. The van der Waals surface area contributed by atoms with Gasteiger partial charge in [0.05, 0.1) is 5.56 Å². The number of allylic oxidation sites excluding steroid dienone is 8. The maximum absolute atomic E-state index is 3.84. The SMILES string of the molecule is CCC1(CC)Cc2ccc(C3=CC=C4C(C3)c3ccc(C5=CC=C6Nc7cc8c(cc7C6C5)-c5ccccc5C8(C)C)cc3C4(C)C)cc2-c2cccc[n+]21. The molecule has 0 fully saturated rings. The number of pyridine rings is 1. The molecule has 0 spiro atoms. The summed E-state index contributed by atoms with van der Waals surface area (Å²) >= 11 is 0. The molecule has 4 aromatic carbocycles. The van der Waals surface area contributed by atoms with Crippen LogP contribution >= 0.6 is 0 Å². The zero-order valence-corrected chi connectivity index (χ0v) is 33.2. The van der Waals surface area contributed by atoms with Gasteiger partial charge in [-0.2, -0.15) is 4.57 Å². The Morgan fingerprint density at radius 2 is 1.36 bits per heavy atom. The Kier molecular flexibility index (Phi) is 6.88. The van der Waals surface area contributed by atoms with Crippen molar-refractivity contribution in [3.63, 3.8) is 0 Å². The summed E-state index contributed by atoms with van der Waals surface area (Å²) < 4.78 is 2.58. The number of anilines is 1. The summed E-state index contributed by atoms with van der Waals surface area (Å²) in [5.41, 5.74) is 24.4.